The Balaban J connectivity index is 1.39. The molecule has 1 aromatic heterocycles. The van der Waals surface area contributed by atoms with Crippen molar-refractivity contribution in [3.63, 3.8) is 0 Å². The van der Waals surface area contributed by atoms with Crippen molar-refractivity contribution in [1.29, 1.82) is 0 Å². The minimum Gasteiger partial charge on any atom is -0.497 e. The van der Waals surface area contributed by atoms with Crippen LogP contribution in [0, 0.1) is 0 Å². The number of anilines is 2. The third-order valence-corrected chi connectivity index (χ3v) is 4.63. The monoisotopic (exact) mass is 472 g/mol. The number of carbonyl (C=O) groups excluding carboxylic acids is 1. The first-order valence-electron chi connectivity index (χ1n) is 9.97. The average molecular weight is 472 g/mol. The molecule has 4 aromatic rings. The normalized spacial score (nSPS) is 11.2. The second-order valence-electron chi connectivity index (χ2n) is 7.07. The summed E-state index contributed by atoms with van der Waals surface area (Å²) in [6.07, 6.45) is -4.76. The Morgan fingerprint density at radius 3 is 2.56 bits per heavy atom. The van der Waals surface area contributed by atoms with Crippen molar-refractivity contribution >= 4 is 28.4 Å². The number of nitrogens with zero attached hydrogens (tertiary/aromatic N) is 1. The predicted octanol–water partition coefficient (Wildman–Crippen LogP) is 5.69. The van der Waals surface area contributed by atoms with Crippen LogP contribution in [-0.2, 0) is 6.61 Å². The van der Waals surface area contributed by atoms with E-state index in [0.717, 1.165) is 0 Å². The highest BCUT2D eigenvalue weighted by atomic mass is 19.4. The van der Waals surface area contributed by atoms with E-state index in [9.17, 15) is 18.0 Å². The van der Waals surface area contributed by atoms with Gasteiger partial charge < -0.3 is 19.5 Å². The number of carbonyl (C=O) groups is 1. The van der Waals surface area contributed by atoms with Gasteiger partial charge in [-0.25, -0.2) is 4.79 Å². The first-order valence-corrected chi connectivity index (χ1v) is 9.97. The van der Waals surface area contributed by atoms with Gasteiger partial charge in [-0.1, -0.05) is 18.2 Å². The van der Waals surface area contributed by atoms with E-state index in [2.05, 4.69) is 25.6 Å². The van der Waals surface area contributed by atoms with E-state index in [1.165, 1.54) is 25.3 Å². The molecular weight excluding hydrogens is 453 g/mol. The van der Waals surface area contributed by atoms with Gasteiger partial charge in [-0.3, -0.25) is 10.4 Å². The summed E-state index contributed by atoms with van der Waals surface area (Å²) in [4.78, 5) is 12.3. The van der Waals surface area contributed by atoms with Crippen LogP contribution in [0.1, 0.15) is 5.56 Å². The number of aromatic nitrogens is 2. The highest BCUT2D eigenvalue weighted by Gasteiger charge is 2.31. The van der Waals surface area contributed by atoms with Gasteiger partial charge in [0.05, 0.1) is 12.6 Å². The van der Waals surface area contributed by atoms with Gasteiger partial charge in [-0.05, 0) is 42.0 Å². The molecule has 0 aliphatic carbocycles. The van der Waals surface area contributed by atoms with E-state index in [4.69, 9.17) is 9.47 Å². The van der Waals surface area contributed by atoms with Crippen molar-refractivity contribution < 1.29 is 32.2 Å². The number of halogens is 3. The number of aromatic amines is 1. The summed E-state index contributed by atoms with van der Waals surface area (Å²) >= 11 is 0. The maximum Gasteiger partial charge on any atom is 0.573 e. The zero-order chi connectivity index (χ0) is 24.1. The Kier molecular flexibility index (Phi) is 6.44. The summed E-state index contributed by atoms with van der Waals surface area (Å²) in [7, 11) is 1.53. The van der Waals surface area contributed by atoms with Crippen molar-refractivity contribution in [2.75, 3.05) is 17.7 Å². The number of benzene rings is 3. The van der Waals surface area contributed by atoms with Crippen LogP contribution in [0.15, 0.2) is 66.7 Å². The van der Waals surface area contributed by atoms with Crippen LogP contribution in [0.3, 0.4) is 0 Å². The van der Waals surface area contributed by atoms with Gasteiger partial charge in [0.25, 0.3) is 0 Å². The number of methoxy groups -OCH3 is 1. The smallest absolute Gasteiger partial charge is 0.497 e. The van der Waals surface area contributed by atoms with Crippen LogP contribution in [0.25, 0.3) is 10.9 Å². The van der Waals surface area contributed by atoms with Crippen LogP contribution in [-0.4, -0.2) is 29.7 Å². The van der Waals surface area contributed by atoms with E-state index in [0.29, 0.717) is 39.5 Å². The van der Waals surface area contributed by atoms with Crippen LogP contribution in [0.4, 0.5) is 29.5 Å². The first-order chi connectivity index (χ1) is 16.3. The molecule has 0 saturated heterocycles. The van der Waals surface area contributed by atoms with Gasteiger partial charge in [0.1, 0.15) is 23.9 Å². The van der Waals surface area contributed by atoms with Crippen molar-refractivity contribution in [2.24, 2.45) is 0 Å². The maximum atomic E-state index is 12.4. The van der Waals surface area contributed by atoms with Gasteiger partial charge in [0.2, 0.25) is 0 Å². The molecule has 3 N–H and O–H groups in total. The quantitative estimate of drug-likeness (QED) is 0.321. The lowest BCUT2D eigenvalue weighted by molar-refractivity contribution is -0.274. The molecule has 0 spiro atoms. The standard InChI is InChI=1S/C23H19F3N4O4/c1-32-16-6-3-5-15(11-16)27-22(31)28-21-19-9-8-17(12-20(19)29-30-21)33-13-14-4-2-7-18(10-14)34-23(24,25)26/h2-12H,13H2,1H3,(H3,27,28,29,30,31). The van der Waals surface area contributed by atoms with E-state index in [-0.39, 0.29) is 12.4 Å². The number of hydrogen-bond donors (Lipinski definition) is 3. The summed E-state index contributed by atoms with van der Waals surface area (Å²) < 4.78 is 51.9. The fraction of sp³-hybridized carbons (Fsp3) is 0.130. The Bertz CT molecular complexity index is 1310. The number of alkyl halides is 3. The van der Waals surface area contributed by atoms with E-state index in [1.54, 1.807) is 48.5 Å². The maximum absolute atomic E-state index is 12.4. The molecule has 0 fully saturated rings. The third kappa shape index (κ3) is 5.88. The van der Waals surface area contributed by atoms with E-state index < -0.39 is 12.4 Å². The van der Waals surface area contributed by atoms with Crippen LogP contribution in [0.2, 0.25) is 0 Å². The Labute approximate surface area is 191 Å². The van der Waals surface area contributed by atoms with Crippen LogP contribution >= 0.6 is 0 Å². The molecule has 0 aliphatic heterocycles. The highest BCUT2D eigenvalue weighted by Crippen LogP contribution is 2.27. The number of amides is 2. The molecule has 34 heavy (non-hydrogen) atoms. The molecule has 1 heterocycles. The fourth-order valence-electron chi connectivity index (χ4n) is 3.15. The van der Waals surface area contributed by atoms with Crippen molar-refractivity contribution in [2.45, 2.75) is 13.0 Å². The molecule has 8 nitrogen and oxygen atoms in total. The predicted molar refractivity (Wildman–Crippen MR) is 119 cm³/mol. The second-order valence-corrected chi connectivity index (χ2v) is 7.07. The SMILES string of the molecule is COc1cccc(NC(=O)Nc2n[nH]c3cc(OCc4cccc(OC(F)(F)F)c4)ccc23)c1. The molecule has 11 heteroatoms. The molecule has 0 aliphatic rings. The molecule has 4 rings (SSSR count). The Morgan fingerprint density at radius 1 is 0.971 bits per heavy atom. The number of rotatable bonds is 7. The minimum absolute atomic E-state index is 0.0305. The molecular formula is C23H19F3N4O4. The van der Waals surface area contributed by atoms with E-state index in [1.807, 2.05) is 0 Å². The van der Waals surface area contributed by atoms with Gasteiger partial charge in [0.15, 0.2) is 5.82 Å². The minimum atomic E-state index is -4.76. The van der Waals surface area contributed by atoms with Crippen molar-refractivity contribution in [3.05, 3.63) is 72.3 Å². The molecule has 176 valence electrons. The zero-order valence-corrected chi connectivity index (χ0v) is 17.8. The molecule has 3 aromatic carbocycles. The summed E-state index contributed by atoms with van der Waals surface area (Å²) in [5.74, 6) is 1.07. The lowest BCUT2D eigenvalue weighted by atomic mass is 10.2. The molecule has 0 saturated carbocycles. The number of H-pyrrole nitrogens is 1. The third-order valence-electron chi connectivity index (χ3n) is 4.63. The largest absolute Gasteiger partial charge is 0.573 e. The number of nitrogens with one attached hydrogen (secondary N) is 3. The number of hydrogen-bond acceptors (Lipinski definition) is 5. The number of urea groups is 1. The van der Waals surface area contributed by atoms with E-state index >= 15 is 0 Å². The Morgan fingerprint density at radius 2 is 1.76 bits per heavy atom. The van der Waals surface area contributed by atoms with Gasteiger partial charge in [-0.2, -0.15) is 5.10 Å². The number of fused-ring (bicyclic) bond motifs is 1. The van der Waals surface area contributed by atoms with Crippen molar-refractivity contribution in [3.8, 4) is 17.2 Å². The molecule has 0 radical (unpaired) electrons. The molecule has 0 bridgehead atoms. The van der Waals surface area contributed by atoms with Crippen LogP contribution < -0.4 is 24.8 Å². The molecule has 2 amide bonds. The molecule has 0 unspecified atom stereocenters. The summed E-state index contributed by atoms with van der Waals surface area (Å²) in [5, 5.41) is 12.9. The Hall–Kier alpha value is -4.41. The second kappa shape index (κ2) is 9.61. The van der Waals surface area contributed by atoms with Crippen LogP contribution in [0.5, 0.6) is 17.2 Å². The zero-order valence-electron chi connectivity index (χ0n) is 17.8. The lowest BCUT2D eigenvalue weighted by Gasteiger charge is -2.11. The summed E-state index contributed by atoms with van der Waals surface area (Å²) in [5.41, 5.74) is 1.66. The van der Waals surface area contributed by atoms with Crippen molar-refractivity contribution in [1.82, 2.24) is 10.2 Å². The average Bonchev–Trinajstić information content (AvgIpc) is 3.18. The fourth-order valence-corrected chi connectivity index (χ4v) is 3.15. The van der Waals surface area contributed by atoms with Gasteiger partial charge >= 0.3 is 12.4 Å². The topological polar surface area (TPSA) is 97.5 Å². The highest BCUT2D eigenvalue weighted by molar-refractivity contribution is 6.04. The van der Waals surface area contributed by atoms with Gasteiger partial charge in [0, 0.05) is 23.2 Å². The molecule has 0 atom stereocenters. The first kappa shape index (κ1) is 22.8. The number of ether oxygens (including phenoxy) is 3. The summed E-state index contributed by atoms with van der Waals surface area (Å²) in [6, 6.07) is 17.0. The van der Waals surface area contributed by atoms with Gasteiger partial charge in [-0.15, -0.1) is 13.2 Å². The summed E-state index contributed by atoms with van der Waals surface area (Å²) in [6.45, 7) is 0.0305. The lowest BCUT2D eigenvalue weighted by Crippen LogP contribution is -2.19.